The molecule has 2 aromatic rings. The number of methoxy groups -OCH3 is 2. The van der Waals surface area contributed by atoms with Gasteiger partial charge in [-0.1, -0.05) is 0 Å². The summed E-state index contributed by atoms with van der Waals surface area (Å²) in [6, 6.07) is 5.59. The Morgan fingerprint density at radius 1 is 1.10 bits per heavy atom. The lowest BCUT2D eigenvalue weighted by Gasteiger charge is -2.18. The van der Waals surface area contributed by atoms with E-state index < -0.39 is 0 Å². The van der Waals surface area contributed by atoms with Gasteiger partial charge in [-0.15, -0.1) is 0 Å². The second kappa shape index (κ2) is 6.34. The van der Waals surface area contributed by atoms with Gasteiger partial charge in [-0.2, -0.15) is 0 Å². The fraction of sp³-hybridized carbons (Fsp3) is 0.333. The molecule has 0 aliphatic rings. The first-order chi connectivity index (χ1) is 9.69. The normalized spacial score (nSPS) is 12.0. The van der Waals surface area contributed by atoms with E-state index in [0.717, 1.165) is 22.6 Å². The Morgan fingerprint density at radius 2 is 1.80 bits per heavy atom. The van der Waals surface area contributed by atoms with Crippen LogP contribution in [0.4, 0.5) is 0 Å². The topological polar surface area (TPSA) is 56.3 Å². The van der Waals surface area contributed by atoms with Gasteiger partial charge in [0.05, 0.1) is 20.3 Å². The minimum atomic E-state index is -0.128. The molecule has 1 heterocycles. The molecule has 0 saturated carbocycles. The van der Waals surface area contributed by atoms with Crippen LogP contribution in [0.1, 0.15) is 23.0 Å². The van der Waals surface area contributed by atoms with Crippen molar-refractivity contribution in [3.8, 4) is 11.5 Å². The molecule has 0 fully saturated rings. The predicted octanol–water partition coefficient (Wildman–Crippen LogP) is 2.11. The Morgan fingerprint density at radius 3 is 2.35 bits per heavy atom. The number of rotatable bonds is 5. The molecule has 1 N–H and O–H groups in total. The highest BCUT2D eigenvalue weighted by Crippen LogP contribution is 2.31. The highest BCUT2D eigenvalue weighted by molar-refractivity contribution is 5.44. The van der Waals surface area contributed by atoms with Crippen LogP contribution in [0.25, 0.3) is 0 Å². The van der Waals surface area contributed by atoms with Crippen molar-refractivity contribution in [1.29, 1.82) is 0 Å². The molecule has 0 amide bonds. The first-order valence-corrected chi connectivity index (χ1v) is 6.37. The summed E-state index contributed by atoms with van der Waals surface area (Å²) in [7, 11) is 5.14. The SMILES string of the molecule is CNC(c1ncc(C)cn1)c1ccc(OC)cc1OC. The molecular weight excluding hydrogens is 254 g/mol. The van der Waals surface area contributed by atoms with E-state index in [1.807, 2.05) is 44.6 Å². The molecule has 1 unspecified atom stereocenters. The zero-order valence-electron chi connectivity index (χ0n) is 12.2. The molecule has 106 valence electrons. The number of nitrogens with one attached hydrogen (secondary N) is 1. The van der Waals surface area contributed by atoms with Crippen LogP contribution in [0.15, 0.2) is 30.6 Å². The minimum Gasteiger partial charge on any atom is -0.497 e. The van der Waals surface area contributed by atoms with Crippen molar-refractivity contribution in [1.82, 2.24) is 15.3 Å². The smallest absolute Gasteiger partial charge is 0.149 e. The van der Waals surface area contributed by atoms with Crippen LogP contribution in [0, 0.1) is 6.92 Å². The van der Waals surface area contributed by atoms with E-state index in [9.17, 15) is 0 Å². The molecule has 20 heavy (non-hydrogen) atoms. The van der Waals surface area contributed by atoms with Crippen molar-refractivity contribution in [2.24, 2.45) is 0 Å². The van der Waals surface area contributed by atoms with E-state index in [-0.39, 0.29) is 6.04 Å². The molecule has 2 rings (SSSR count). The van der Waals surface area contributed by atoms with E-state index in [0.29, 0.717) is 5.82 Å². The van der Waals surface area contributed by atoms with Crippen LogP contribution < -0.4 is 14.8 Å². The second-order valence-electron chi connectivity index (χ2n) is 4.45. The fourth-order valence-corrected chi connectivity index (χ4v) is 2.03. The average Bonchev–Trinajstić information content (AvgIpc) is 2.50. The fourth-order valence-electron chi connectivity index (χ4n) is 2.03. The summed E-state index contributed by atoms with van der Waals surface area (Å²) in [4.78, 5) is 8.77. The maximum absolute atomic E-state index is 5.44. The van der Waals surface area contributed by atoms with Gasteiger partial charge >= 0.3 is 0 Å². The summed E-state index contributed by atoms with van der Waals surface area (Å²) < 4.78 is 10.7. The van der Waals surface area contributed by atoms with Gasteiger partial charge in [0.15, 0.2) is 0 Å². The third-order valence-corrected chi connectivity index (χ3v) is 3.10. The van der Waals surface area contributed by atoms with E-state index in [1.54, 1.807) is 14.2 Å². The van der Waals surface area contributed by atoms with Gasteiger partial charge in [0.25, 0.3) is 0 Å². The molecule has 5 nitrogen and oxygen atoms in total. The molecule has 1 aromatic carbocycles. The van der Waals surface area contributed by atoms with Crippen molar-refractivity contribution < 1.29 is 9.47 Å². The summed E-state index contributed by atoms with van der Waals surface area (Å²) in [6.07, 6.45) is 3.62. The van der Waals surface area contributed by atoms with Gasteiger partial charge in [-0.25, -0.2) is 9.97 Å². The number of hydrogen-bond acceptors (Lipinski definition) is 5. The summed E-state index contributed by atoms with van der Waals surface area (Å²) in [6.45, 7) is 1.96. The summed E-state index contributed by atoms with van der Waals surface area (Å²) in [5.74, 6) is 2.21. The summed E-state index contributed by atoms with van der Waals surface area (Å²) >= 11 is 0. The van der Waals surface area contributed by atoms with E-state index in [1.165, 1.54) is 0 Å². The molecule has 0 spiro atoms. The Hall–Kier alpha value is -2.14. The molecular formula is C15H19N3O2. The first-order valence-electron chi connectivity index (χ1n) is 6.37. The predicted molar refractivity (Wildman–Crippen MR) is 77.2 cm³/mol. The molecule has 1 aromatic heterocycles. The lowest BCUT2D eigenvalue weighted by atomic mass is 10.0. The van der Waals surface area contributed by atoms with Gasteiger partial charge in [0, 0.05) is 24.0 Å². The number of benzene rings is 1. The van der Waals surface area contributed by atoms with Crippen LogP contribution >= 0.6 is 0 Å². The van der Waals surface area contributed by atoms with Crippen LogP contribution in [0.2, 0.25) is 0 Å². The number of aryl methyl sites for hydroxylation is 1. The molecule has 0 saturated heterocycles. The number of nitrogens with zero attached hydrogens (tertiary/aromatic N) is 2. The molecule has 0 aliphatic carbocycles. The molecule has 0 radical (unpaired) electrons. The second-order valence-corrected chi connectivity index (χ2v) is 4.45. The maximum Gasteiger partial charge on any atom is 0.149 e. The highest BCUT2D eigenvalue weighted by atomic mass is 16.5. The van der Waals surface area contributed by atoms with Crippen molar-refractivity contribution in [3.05, 3.63) is 47.5 Å². The molecule has 0 bridgehead atoms. The zero-order valence-corrected chi connectivity index (χ0v) is 12.2. The third-order valence-electron chi connectivity index (χ3n) is 3.10. The Bertz CT molecular complexity index is 570. The van der Waals surface area contributed by atoms with Crippen molar-refractivity contribution in [2.45, 2.75) is 13.0 Å². The largest absolute Gasteiger partial charge is 0.497 e. The molecule has 0 aliphatic heterocycles. The standard InChI is InChI=1S/C15H19N3O2/c1-10-8-17-15(18-9-10)14(16-2)12-6-5-11(19-3)7-13(12)20-4/h5-9,14,16H,1-4H3. The van der Waals surface area contributed by atoms with Crippen molar-refractivity contribution in [2.75, 3.05) is 21.3 Å². The monoisotopic (exact) mass is 273 g/mol. The molecule has 5 heteroatoms. The van der Waals surface area contributed by atoms with Crippen LogP contribution in [0.3, 0.4) is 0 Å². The lowest BCUT2D eigenvalue weighted by molar-refractivity contribution is 0.387. The van der Waals surface area contributed by atoms with Gasteiger partial charge in [-0.3, -0.25) is 0 Å². The van der Waals surface area contributed by atoms with Crippen molar-refractivity contribution in [3.63, 3.8) is 0 Å². The van der Waals surface area contributed by atoms with Crippen LogP contribution in [-0.2, 0) is 0 Å². The Kier molecular flexibility index (Phi) is 4.53. The van der Waals surface area contributed by atoms with Crippen LogP contribution in [0.5, 0.6) is 11.5 Å². The van der Waals surface area contributed by atoms with Gasteiger partial charge < -0.3 is 14.8 Å². The number of ether oxygens (including phenoxy) is 2. The Balaban J connectivity index is 2.43. The van der Waals surface area contributed by atoms with E-state index in [2.05, 4.69) is 15.3 Å². The quantitative estimate of drug-likeness (QED) is 0.904. The zero-order chi connectivity index (χ0) is 14.5. The maximum atomic E-state index is 5.44. The number of aromatic nitrogens is 2. The summed E-state index contributed by atoms with van der Waals surface area (Å²) in [5.41, 5.74) is 2.00. The summed E-state index contributed by atoms with van der Waals surface area (Å²) in [5, 5.41) is 3.22. The minimum absolute atomic E-state index is 0.128. The lowest BCUT2D eigenvalue weighted by Crippen LogP contribution is -2.21. The van der Waals surface area contributed by atoms with Crippen molar-refractivity contribution >= 4 is 0 Å². The van der Waals surface area contributed by atoms with Crippen LogP contribution in [-0.4, -0.2) is 31.2 Å². The van der Waals surface area contributed by atoms with E-state index in [4.69, 9.17) is 9.47 Å². The van der Waals surface area contributed by atoms with Gasteiger partial charge in [0.1, 0.15) is 17.3 Å². The van der Waals surface area contributed by atoms with Gasteiger partial charge in [-0.05, 0) is 31.7 Å². The third kappa shape index (κ3) is 2.88. The highest BCUT2D eigenvalue weighted by Gasteiger charge is 2.19. The average molecular weight is 273 g/mol. The Labute approximate surface area is 119 Å². The van der Waals surface area contributed by atoms with Gasteiger partial charge in [0.2, 0.25) is 0 Å². The number of hydrogen-bond donors (Lipinski definition) is 1. The molecule has 1 atom stereocenters. The van der Waals surface area contributed by atoms with E-state index >= 15 is 0 Å². The first kappa shape index (κ1) is 14.3.